The first kappa shape index (κ1) is 13.5. The zero-order chi connectivity index (χ0) is 14.9. The van der Waals surface area contributed by atoms with Gasteiger partial charge >= 0.3 is 0 Å². The van der Waals surface area contributed by atoms with Crippen molar-refractivity contribution < 1.29 is 4.79 Å². The van der Waals surface area contributed by atoms with Gasteiger partial charge in [0.1, 0.15) is 12.1 Å². The lowest BCUT2D eigenvalue weighted by Crippen LogP contribution is -2.53. The van der Waals surface area contributed by atoms with Crippen molar-refractivity contribution in [1.29, 1.82) is 0 Å². The van der Waals surface area contributed by atoms with Crippen molar-refractivity contribution in [3.63, 3.8) is 0 Å². The first-order chi connectivity index (χ1) is 10.8. The molecule has 0 spiro atoms. The molecule has 5 nitrogen and oxygen atoms in total. The Kier molecular flexibility index (Phi) is 3.41. The summed E-state index contributed by atoms with van der Waals surface area (Å²) < 4.78 is 1.80. The van der Waals surface area contributed by atoms with Gasteiger partial charge in [-0.15, -0.1) is 0 Å². The highest BCUT2D eigenvalue weighted by Crippen LogP contribution is 2.45. The van der Waals surface area contributed by atoms with E-state index in [4.69, 9.17) is 0 Å². The summed E-state index contributed by atoms with van der Waals surface area (Å²) in [5.74, 6) is 2.28. The van der Waals surface area contributed by atoms with Crippen LogP contribution in [0.3, 0.4) is 0 Å². The molecule has 1 amide bonds. The summed E-state index contributed by atoms with van der Waals surface area (Å²) in [6, 6.07) is 3.95. The van der Waals surface area contributed by atoms with Gasteiger partial charge in [0.25, 0.3) is 5.91 Å². The molecule has 114 valence electrons. The van der Waals surface area contributed by atoms with Crippen LogP contribution < -0.4 is 5.32 Å². The number of pyridine rings is 1. The lowest BCUT2D eigenvalue weighted by atomic mass is 9.62. The average Bonchev–Trinajstić information content (AvgIpc) is 3.07. The van der Waals surface area contributed by atoms with Crippen LogP contribution in [0.2, 0.25) is 0 Å². The van der Waals surface area contributed by atoms with E-state index in [1.54, 1.807) is 29.4 Å². The predicted molar refractivity (Wildman–Crippen MR) is 82.7 cm³/mol. The number of carbonyl (C=O) groups is 1. The molecule has 0 radical (unpaired) electrons. The second kappa shape index (κ2) is 5.55. The van der Waals surface area contributed by atoms with Crippen LogP contribution in [-0.4, -0.2) is 26.5 Å². The molecule has 2 saturated carbocycles. The van der Waals surface area contributed by atoms with Gasteiger partial charge in [0.05, 0.1) is 0 Å². The Morgan fingerprint density at radius 1 is 1.27 bits per heavy atom. The van der Waals surface area contributed by atoms with Crippen molar-refractivity contribution in [2.45, 2.75) is 38.1 Å². The molecule has 1 N–H and O–H groups in total. The van der Waals surface area contributed by atoms with Gasteiger partial charge in [-0.1, -0.05) is 19.3 Å². The number of nitrogens with one attached hydrogen (secondary N) is 1. The van der Waals surface area contributed by atoms with Crippen LogP contribution in [0.4, 0.5) is 0 Å². The summed E-state index contributed by atoms with van der Waals surface area (Å²) in [4.78, 5) is 20.8. The van der Waals surface area contributed by atoms with Crippen LogP contribution in [0, 0.1) is 11.8 Å². The molecule has 22 heavy (non-hydrogen) atoms. The fraction of sp³-hybridized carbons (Fsp3) is 0.471. The number of hydrogen-bond acceptors (Lipinski definition) is 3. The number of rotatable bonds is 3. The lowest BCUT2D eigenvalue weighted by molar-refractivity contribution is 0.0516. The third-order valence-electron chi connectivity index (χ3n) is 5.13. The Bertz CT molecular complexity index is 667. The van der Waals surface area contributed by atoms with Crippen molar-refractivity contribution in [3.05, 3.63) is 42.6 Å². The molecular formula is C17H20N4O. The summed E-state index contributed by atoms with van der Waals surface area (Å²) in [5, 5.41) is 3.21. The van der Waals surface area contributed by atoms with Crippen LogP contribution in [-0.2, 0) is 0 Å². The van der Waals surface area contributed by atoms with Crippen molar-refractivity contribution in [2.24, 2.45) is 11.8 Å². The molecule has 3 unspecified atom stereocenters. The number of fused-ring (bicyclic) bond motifs is 1. The zero-order valence-electron chi connectivity index (χ0n) is 12.5. The molecule has 3 atom stereocenters. The first-order valence-electron chi connectivity index (χ1n) is 8.06. The van der Waals surface area contributed by atoms with E-state index in [9.17, 15) is 4.79 Å². The van der Waals surface area contributed by atoms with Gasteiger partial charge in [-0.25, -0.2) is 9.97 Å². The zero-order valence-corrected chi connectivity index (χ0v) is 12.5. The Labute approximate surface area is 129 Å². The molecule has 0 aromatic carbocycles. The largest absolute Gasteiger partial charge is 0.349 e. The summed E-state index contributed by atoms with van der Waals surface area (Å²) in [6.07, 6.45) is 13.3. The summed E-state index contributed by atoms with van der Waals surface area (Å²) in [5.41, 5.74) is 0.665. The molecule has 5 heteroatoms. The maximum Gasteiger partial charge on any atom is 0.251 e. The van der Waals surface area contributed by atoms with Gasteiger partial charge in [0, 0.05) is 30.2 Å². The third-order valence-corrected chi connectivity index (χ3v) is 5.13. The monoisotopic (exact) mass is 296 g/mol. The highest BCUT2D eigenvalue weighted by Gasteiger charge is 2.42. The number of imidazole rings is 1. The lowest BCUT2D eigenvalue weighted by Gasteiger charge is -2.48. The molecule has 2 aromatic rings. The minimum Gasteiger partial charge on any atom is -0.349 e. The minimum atomic E-state index is 0.0118. The second-order valence-corrected chi connectivity index (χ2v) is 6.40. The fourth-order valence-electron chi connectivity index (χ4n) is 3.88. The van der Waals surface area contributed by atoms with E-state index in [0.717, 1.165) is 12.3 Å². The standard InChI is InChI=1S/C17H20N4O/c22-17(20-15-9-12-3-1-2-4-14(12)15)13-5-6-19-16(10-13)21-8-7-18-11-21/h5-8,10-12,14-15H,1-4,9H2,(H,20,22). The van der Waals surface area contributed by atoms with Gasteiger partial charge in [-0.3, -0.25) is 9.36 Å². The predicted octanol–water partition coefficient (Wildman–Crippen LogP) is 2.58. The topological polar surface area (TPSA) is 59.8 Å². The summed E-state index contributed by atoms with van der Waals surface area (Å²) >= 11 is 0. The van der Waals surface area contributed by atoms with E-state index in [-0.39, 0.29) is 5.91 Å². The number of amides is 1. The number of hydrogen-bond donors (Lipinski definition) is 1. The summed E-state index contributed by atoms with van der Waals surface area (Å²) in [6.45, 7) is 0. The first-order valence-corrected chi connectivity index (χ1v) is 8.06. The maximum absolute atomic E-state index is 12.5. The summed E-state index contributed by atoms with van der Waals surface area (Å²) in [7, 11) is 0. The van der Waals surface area contributed by atoms with Crippen molar-refractivity contribution in [1.82, 2.24) is 19.9 Å². The quantitative estimate of drug-likeness (QED) is 0.947. The van der Waals surface area contributed by atoms with E-state index in [2.05, 4.69) is 15.3 Å². The Morgan fingerprint density at radius 2 is 2.18 bits per heavy atom. The van der Waals surface area contributed by atoms with Gasteiger partial charge in [-0.2, -0.15) is 0 Å². The molecule has 0 saturated heterocycles. The van der Waals surface area contributed by atoms with E-state index in [1.165, 1.54) is 25.7 Å². The molecule has 4 rings (SSSR count). The smallest absolute Gasteiger partial charge is 0.251 e. The second-order valence-electron chi connectivity index (χ2n) is 6.40. The van der Waals surface area contributed by atoms with Crippen molar-refractivity contribution in [3.8, 4) is 5.82 Å². The van der Waals surface area contributed by atoms with E-state index in [1.807, 2.05) is 12.3 Å². The molecule has 2 aliphatic rings. The van der Waals surface area contributed by atoms with Crippen LogP contribution in [0.15, 0.2) is 37.1 Å². The molecule has 2 aliphatic carbocycles. The van der Waals surface area contributed by atoms with E-state index in [0.29, 0.717) is 23.3 Å². The third kappa shape index (κ3) is 2.40. The fourth-order valence-corrected chi connectivity index (χ4v) is 3.88. The van der Waals surface area contributed by atoms with E-state index >= 15 is 0 Å². The Morgan fingerprint density at radius 3 is 3.00 bits per heavy atom. The van der Waals surface area contributed by atoms with E-state index < -0.39 is 0 Å². The molecule has 0 aliphatic heterocycles. The van der Waals surface area contributed by atoms with Crippen LogP contribution >= 0.6 is 0 Å². The Hall–Kier alpha value is -2.17. The SMILES string of the molecule is O=C(NC1CC2CCCCC21)c1ccnc(-n2ccnc2)c1. The van der Waals surface area contributed by atoms with Crippen LogP contribution in [0.5, 0.6) is 0 Å². The minimum absolute atomic E-state index is 0.0118. The maximum atomic E-state index is 12.5. The highest BCUT2D eigenvalue weighted by molar-refractivity contribution is 5.94. The molecular weight excluding hydrogens is 276 g/mol. The van der Waals surface area contributed by atoms with Gasteiger partial charge in [0.2, 0.25) is 0 Å². The molecule has 0 bridgehead atoms. The van der Waals surface area contributed by atoms with Gasteiger partial charge in [0.15, 0.2) is 0 Å². The molecule has 2 aromatic heterocycles. The average molecular weight is 296 g/mol. The molecule has 2 fully saturated rings. The normalized spacial score (nSPS) is 26.8. The number of nitrogens with zero attached hydrogens (tertiary/aromatic N) is 3. The van der Waals surface area contributed by atoms with Crippen LogP contribution in [0.1, 0.15) is 42.5 Å². The van der Waals surface area contributed by atoms with Gasteiger partial charge < -0.3 is 5.32 Å². The Balaban J connectivity index is 1.46. The highest BCUT2D eigenvalue weighted by atomic mass is 16.1. The van der Waals surface area contributed by atoms with Gasteiger partial charge in [-0.05, 0) is 36.8 Å². The number of carbonyl (C=O) groups excluding carboxylic acids is 1. The van der Waals surface area contributed by atoms with Crippen LogP contribution in [0.25, 0.3) is 5.82 Å². The number of aromatic nitrogens is 3. The van der Waals surface area contributed by atoms with Crippen molar-refractivity contribution >= 4 is 5.91 Å². The van der Waals surface area contributed by atoms with Crippen molar-refractivity contribution in [2.75, 3.05) is 0 Å². The molecule has 2 heterocycles.